The number of rotatable bonds is 5. The van der Waals surface area contributed by atoms with Gasteiger partial charge in [0.1, 0.15) is 5.82 Å². The number of anilines is 1. The lowest BCUT2D eigenvalue weighted by atomic mass is 10.2. The molecule has 128 valence electrons. The summed E-state index contributed by atoms with van der Waals surface area (Å²) >= 11 is 0. The molecule has 1 heterocycles. The molecule has 0 aliphatic carbocycles. The molecule has 3 aromatic rings. The van der Waals surface area contributed by atoms with E-state index in [0.717, 1.165) is 0 Å². The smallest absolute Gasteiger partial charge is 0.261 e. The molecule has 1 N–H and O–H groups in total. The van der Waals surface area contributed by atoms with Gasteiger partial charge in [0.2, 0.25) is 0 Å². The molecular weight excluding hydrogens is 343 g/mol. The zero-order valence-electron chi connectivity index (χ0n) is 13.3. The van der Waals surface area contributed by atoms with Crippen LogP contribution in [0, 0.1) is 5.82 Å². The van der Waals surface area contributed by atoms with Crippen molar-refractivity contribution in [2.75, 3.05) is 4.72 Å². The lowest BCUT2D eigenvalue weighted by molar-refractivity contribution is 0.101. The molecule has 0 aliphatic heterocycles. The van der Waals surface area contributed by atoms with Crippen LogP contribution in [0.3, 0.4) is 0 Å². The van der Waals surface area contributed by atoms with Gasteiger partial charge in [-0.25, -0.2) is 12.8 Å². The summed E-state index contributed by atoms with van der Waals surface area (Å²) in [5.74, 6) is -0.845. The summed E-state index contributed by atoms with van der Waals surface area (Å²) in [4.78, 5) is 11.2. The fourth-order valence-corrected chi connectivity index (χ4v) is 3.39. The zero-order chi connectivity index (χ0) is 18.0. The Morgan fingerprint density at radius 3 is 2.28 bits per heavy atom. The Hall–Kier alpha value is -2.93. The molecule has 0 saturated heterocycles. The molecule has 0 fully saturated rings. The normalized spacial score (nSPS) is 11.3. The van der Waals surface area contributed by atoms with Gasteiger partial charge in [-0.3, -0.25) is 9.52 Å². The first-order valence-corrected chi connectivity index (χ1v) is 8.92. The second-order valence-corrected chi connectivity index (χ2v) is 7.12. The maximum absolute atomic E-state index is 14.0. The number of hydrogen-bond acceptors (Lipinski definition) is 3. The lowest BCUT2D eigenvalue weighted by Crippen LogP contribution is -2.14. The van der Waals surface area contributed by atoms with Crippen LogP contribution in [0.2, 0.25) is 0 Å². The summed E-state index contributed by atoms with van der Waals surface area (Å²) < 4.78 is 43.0. The molecule has 0 atom stereocenters. The molecule has 0 radical (unpaired) electrons. The number of sulfonamides is 1. The minimum Gasteiger partial charge on any atom is -0.324 e. The van der Waals surface area contributed by atoms with Crippen LogP contribution in [0.1, 0.15) is 17.3 Å². The zero-order valence-corrected chi connectivity index (χ0v) is 14.1. The monoisotopic (exact) mass is 358 g/mol. The van der Waals surface area contributed by atoms with Gasteiger partial charge >= 0.3 is 0 Å². The Morgan fingerprint density at radius 2 is 1.68 bits per heavy atom. The predicted molar refractivity (Wildman–Crippen MR) is 93.0 cm³/mol. The van der Waals surface area contributed by atoms with Crippen molar-refractivity contribution in [3.8, 4) is 5.69 Å². The minimum atomic E-state index is -3.97. The average molecular weight is 358 g/mol. The number of Topliss-reactive ketones (excluding diaryl/α,β-unsaturated/α-hetero) is 1. The standard InChI is InChI=1S/C18H15FN2O3S/c1-13(22)14-4-7-16(8-5-14)25(23,24)20-18-12-15(6-9-17(18)19)21-10-2-3-11-21/h2-12,20H,1H3. The summed E-state index contributed by atoms with van der Waals surface area (Å²) in [6.07, 6.45) is 3.54. The molecule has 1 aromatic heterocycles. The van der Waals surface area contributed by atoms with Crippen LogP contribution in [0.5, 0.6) is 0 Å². The van der Waals surface area contributed by atoms with Gasteiger partial charge in [-0.15, -0.1) is 0 Å². The van der Waals surface area contributed by atoms with Gasteiger partial charge < -0.3 is 4.57 Å². The average Bonchev–Trinajstić information content (AvgIpc) is 3.11. The number of hydrogen-bond donors (Lipinski definition) is 1. The summed E-state index contributed by atoms with van der Waals surface area (Å²) in [7, 11) is -3.97. The Kier molecular flexibility index (Phi) is 4.41. The molecule has 0 unspecified atom stereocenters. The van der Waals surface area contributed by atoms with Gasteiger partial charge in [-0.2, -0.15) is 0 Å². The fraction of sp³-hybridized carbons (Fsp3) is 0.0556. The molecule has 3 rings (SSSR count). The van der Waals surface area contributed by atoms with Gasteiger partial charge in [0, 0.05) is 23.6 Å². The molecule has 0 saturated carbocycles. The van der Waals surface area contributed by atoms with Gasteiger partial charge in [-0.1, -0.05) is 12.1 Å². The van der Waals surface area contributed by atoms with Crippen molar-refractivity contribution in [3.05, 3.63) is 78.4 Å². The van der Waals surface area contributed by atoms with E-state index in [-0.39, 0.29) is 16.4 Å². The topological polar surface area (TPSA) is 68.2 Å². The molecule has 7 heteroatoms. The largest absolute Gasteiger partial charge is 0.324 e. The van der Waals surface area contributed by atoms with Crippen LogP contribution >= 0.6 is 0 Å². The van der Waals surface area contributed by atoms with Crippen molar-refractivity contribution in [1.82, 2.24) is 4.57 Å². The number of carbonyl (C=O) groups excluding carboxylic acids is 1. The van der Waals surface area contributed by atoms with Crippen molar-refractivity contribution in [3.63, 3.8) is 0 Å². The Balaban J connectivity index is 1.92. The van der Waals surface area contributed by atoms with E-state index in [9.17, 15) is 17.6 Å². The minimum absolute atomic E-state index is 0.0525. The number of aromatic nitrogens is 1. The first-order chi connectivity index (χ1) is 11.9. The Morgan fingerprint density at radius 1 is 1.04 bits per heavy atom. The highest BCUT2D eigenvalue weighted by atomic mass is 32.2. The van der Waals surface area contributed by atoms with Gasteiger partial charge in [0.15, 0.2) is 5.78 Å². The van der Waals surface area contributed by atoms with E-state index in [2.05, 4.69) is 4.72 Å². The van der Waals surface area contributed by atoms with Crippen molar-refractivity contribution in [1.29, 1.82) is 0 Å². The predicted octanol–water partition coefficient (Wildman–Crippen LogP) is 3.62. The number of halogens is 1. The van der Waals surface area contributed by atoms with Crippen LogP contribution in [0.4, 0.5) is 10.1 Å². The molecule has 25 heavy (non-hydrogen) atoms. The molecule has 0 spiro atoms. The number of carbonyl (C=O) groups is 1. The van der Waals surface area contributed by atoms with Crippen LogP contribution in [-0.4, -0.2) is 18.8 Å². The maximum atomic E-state index is 14.0. The first kappa shape index (κ1) is 16.9. The molecule has 5 nitrogen and oxygen atoms in total. The maximum Gasteiger partial charge on any atom is 0.261 e. The Bertz CT molecular complexity index is 1010. The van der Waals surface area contributed by atoms with Crippen molar-refractivity contribution in [2.45, 2.75) is 11.8 Å². The number of nitrogens with zero attached hydrogens (tertiary/aromatic N) is 1. The molecule has 2 aromatic carbocycles. The molecular formula is C18H15FN2O3S. The third kappa shape index (κ3) is 3.61. The van der Waals surface area contributed by atoms with Crippen molar-refractivity contribution in [2.24, 2.45) is 0 Å². The van der Waals surface area contributed by atoms with Crippen LogP contribution in [0.25, 0.3) is 5.69 Å². The number of nitrogens with one attached hydrogen (secondary N) is 1. The van der Waals surface area contributed by atoms with E-state index in [1.807, 2.05) is 12.1 Å². The van der Waals surface area contributed by atoms with Crippen molar-refractivity contribution >= 4 is 21.5 Å². The summed E-state index contributed by atoms with van der Waals surface area (Å²) in [5.41, 5.74) is 0.873. The van der Waals surface area contributed by atoms with Crippen LogP contribution < -0.4 is 4.72 Å². The lowest BCUT2D eigenvalue weighted by Gasteiger charge is -2.11. The second-order valence-electron chi connectivity index (χ2n) is 5.44. The number of benzene rings is 2. The SMILES string of the molecule is CC(=O)c1ccc(S(=O)(=O)Nc2cc(-n3cccc3)ccc2F)cc1. The van der Waals surface area contributed by atoms with E-state index >= 15 is 0 Å². The van der Waals surface area contributed by atoms with E-state index in [1.54, 1.807) is 23.0 Å². The van der Waals surface area contributed by atoms with Gasteiger partial charge in [-0.05, 0) is 49.4 Å². The van der Waals surface area contributed by atoms with E-state index in [1.165, 1.54) is 43.3 Å². The second kappa shape index (κ2) is 6.52. The molecule has 0 amide bonds. The van der Waals surface area contributed by atoms with E-state index in [4.69, 9.17) is 0 Å². The van der Waals surface area contributed by atoms with E-state index in [0.29, 0.717) is 11.3 Å². The highest BCUT2D eigenvalue weighted by Crippen LogP contribution is 2.23. The summed E-state index contributed by atoms with van der Waals surface area (Å²) in [6, 6.07) is 13.2. The van der Waals surface area contributed by atoms with Crippen LogP contribution in [-0.2, 0) is 10.0 Å². The third-order valence-electron chi connectivity index (χ3n) is 3.67. The van der Waals surface area contributed by atoms with Crippen LogP contribution in [0.15, 0.2) is 71.9 Å². The van der Waals surface area contributed by atoms with Gasteiger partial charge in [0.05, 0.1) is 10.6 Å². The summed E-state index contributed by atoms with van der Waals surface area (Å²) in [5, 5.41) is 0. The highest BCUT2D eigenvalue weighted by molar-refractivity contribution is 7.92. The fourth-order valence-electron chi connectivity index (χ4n) is 2.33. The third-order valence-corrected chi connectivity index (χ3v) is 5.05. The summed E-state index contributed by atoms with van der Waals surface area (Å²) in [6.45, 7) is 1.39. The van der Waals surface area contributed by atoms with Gasteiger partial charge in [0.25, 0.3) is 10.0 Å². The Labute approximate surface area is 144 Å². The number of ketones is 1. The quantitative estimate of drug-likeness (QED) is 0.708. The first-order valence-electron chi connectivity index (χ1n) is 7.43. The molecule has 0 aliphatic rings. The van der Waals surface area contributed by atoms with E-state index < -0.39 is 15.8 Å². The molecule has 0 bridgehead atoms. The highest BCUT2D eigenvalue weighted by Gasteiger charge is 2.17. The van der Waals surface area contributed by atoms with Crippen molar-refractivity contribution < 1.29 is 17.6 Å².